The second-order valence-electron chi connectivity index (χ2n) is 7.20. The van der Waals surface area contributed by atoms with E-state index in [9.17, 15) is 14.0 Å². The second-order valence-corrected chi connectivity index (χ2v) is 7.59. The number of benzene rings is 2. The van der Waals surface area contributed by atoms with Gasteiger partial charge < -0.3 is 4.90 Å². The first-order valence-corrected chi connectivity index (χ1v) is 9.87. The molecule has 0 spiro atoms. The lowest BCUT2D eigenvalue weighted by Crippen LogP contribution is -2.54. The molecule has 29 heavy (non-hydrogen) atoms. The first kappa shape index (κ1) is 19.3. The first-order chi connectivity index (χ1) is 13.9. The first-order valence-electron chi connectivity index (χ1n) is 9.46. The van der Waals surface area contributed by atoms with Crippen LogP contribution in [-0.2, 0) is 9.59 Å². The van der Waals surface area contributed by atoms with E-state index < -0.39 is 11.8 Å². The van der Waals surface area contributed by atoms with Gasteiger partial charge in [-0.2, -0.15) is 0 Å². The molecule has 0 bridgehead atoms. The van der Waals surface area contributed by atoms with Crippen LogP contribution in [-0.4, -0.2) is 30.0 Å². The van der Waals surface area contributed by atoms with Crippen molar-refractivity contribution in [3.8, 4) is 0 Å². The molecule has 0 atom stereocenters. The average Bonchev–Trinajstić information content (AvgIpc) is 3.21. The summed E-state index contributed by atoms with van der Waals surface area (Å²) in [5.74, 6) is -1.49. The van der Waals surface area contributed by atoms with Crippen molar-refractivity contribution in [3.05, 3.63) is 65.0 Å². The van der Waals surface area contributed by atoms with Crippen molar-refractivity contribution in [2.24, 2.45) is 0 Å². The number of carbonyl (C=O) groups is 2. The van der Waals surface area contributed by atoms with Gasteiger partial charge in [0.1, 0.15) is 11.4 Å². The summed E-state index contributed by atoms with van der Waals surface area (Å²) in [6, 6.07) is 12.0. The molecule has 2 fully saturated rings. The zero-order valence-electron chi connectivity index (χ0n) is 15.9. The molecule has 4 rings (SSSR count). The van der Waals surface area contributed by atoms with E-state index in [1.165, 1.54) is 17.0 Å². The van der Waals surface area contributed by atoms with Crippen LogP contribution in [0.3, 0.4) is 0 Å². The lowest BCUT2D eigenvalue weighted by molar-refractivity contribution is -0.122. The monoisotopic (exact) mass is 409 g/mol. The number of thiocarbonyl (C=S) groups is 1. The highest BCUT2D eigenvalue weighted by Gasteiger charge is 2.34. The quantitative estimate of drug-likeness (QED) is 0.478. The highest BCUT2D eigenvalue weighted by Crippen LogP contribution is 2.26. The van der Waals surface area contributed by atoms with Gasteiger partial charge in [0, 0.05) is 13.1 Å². The highest BCUT2D eigenvalue weighted by molar-refractivity contribution is 7.80. The minimum atomic E-state index is -0.590. The molecule has 2 aromatic rings. The molecule has 0 radical (unpaired) electrons. The maximum absolute atomic E-state index is 14.6. The Morgan fingerprint density at radius 1 is 1.07 bits per heavy atom. The van der Waals surface area contributed by atoms with E-state index in [1.807, 2.05) is 24.0 Å². The Hall–Kier alpha value is -3.06. The van der Waals surface area contributed by atoms with Gasteiger partial charge in [-0.15, -0.1) is 0 Å². The number of carbonyl (C=O) groups excluding carboxylic acids is 2. The molecule has 2 amide bonds. The summed E-state index contributed by atoms with van der Waals surface area (Å²) >= 11 is 5.19. The lowest BCUT2D eigenvalue weighted by Gasteiger charge is -2.29. The minimum Gasteiger partial charge on any atom is -0.369 e. The number of anilines is 2. The molecule has 148 valence electrons. The van der Waals surface area contributed by atoms with Crippen molar-refractivity contribution < 1.29 is 14.0 Å². The zero-order chi connectivity index (χ0) is 20.5. The van der Waals surface area contributed by atoms with Gasteiger partial charge in [-0.05, 0) is 67.9 Å². The normalized spacial score (nSPS) is 18.6. The van der Waals surface area contributed by atoms with E-state index in [2.05, 4.69) is 5.32 Å². The molecule has 5 nitrogen and oxygen atoms in total. The Labute approximate surface area is 173 Å². The van der Waals surface area contributed by atoms with Crippen LogP contribution in [0.25, 0.3) is 6.08 Å². The third-order valence-corrected chi connectivity index (χ3v) is 5.41. The smallest absolute Gasteiger partial charge is 0.270 e. The number of aryl methyl sites for hydroxylation is 1. The molecule has 1 N–H and O–H groups in total. The van der Waals surface area contributed by atoms with Gasteiger partial charge in [0.2, 0.25) is 0 Å². The van der Waals surface area contributed by atoms with E-state index >= 15 is 0 Å². The molecule has 0 aliphatic carbocycles. The Morgan fingerprint density at radius 3 is 2.41 bits per heavy atom. The molecule has 0 unspecified atom stereocenters. The van der Waals surface area contributed by atoms with Gasteiger partial charge in [0.15, 0.2) is 5.11 Å². The Morgan fingerprint density at radius 2 is 1.76 bits per heavy atom. The summed E-state index contributed by atoms with van der Waals surface area (Å²) in [6.45, 7) is 3.61. The Kier molecular flexibility index (Phi) is 5.15. The van der Waals surface area contributed by atoms with Crippen LogP contribution < -0.4 is 15.1 Å². The summed E-state index contributed by atoms with van der Waals surface area (Å²) in [5.41, 5.74) is 2.50. The number of hydrogen-bond donors (Lipinski definition) is 1. The second kappa shape index (κ2) is 7.75. The summed E-state index contributed by atoms with van der Waals surface area (Å²) in [5, 5.41) is 2.57. The standard InChI is InChI=1S/C22H20FN3O2S/c1-14-4-7-16(8-5-14)26-21(28)17(20(27)24-22(26)29)12-15-6-9-19(18(23)13-15)25-10-2-3-11-25/h4-9,12-13H,2-3,10-11H2,1H3,(H,24,27,29)/b17-12+. The van der Waals surface area contributed by atoms with Crippen molar-refractivity contribution in [1.82, 2.24) is 5.32 Å². The van der Waals surface area contributed by atoms with Crippen LogP contribution in [0.4, 0.5) is 15.8 Å². The Balaban J connectivity index is 1.65. The number of hydrogen-bond acceptors (Lipinski definition) is 4. The fraction of sp³-hybridized carbons (Fsp3) is 0.227. The van der Waals surface area contributed by atoms with E-state index in [4.69, 9.17) is 12.2 Å². The van der Waals surface area contributed by atoms with Gasteiger partial charge in [0.05, 0.1) is 11.4 Å². The van der Waals surface area contributed by atoms with Crippen LogP contribution >= 0.6 is 12.2 Å². The van der Waals surface area contributed by atoms with Gasteiger partial charge >= 0.3 is 0 Å². The largest absolute Gasteiger partial charge is 0.369 e. The molecular formula is C22H20FN3O2S. The van der Waals surface area contributed by atoms with E-state index in [0.29, 0.717) is 16.9 Å². The van der Waals surface area contributed by atoms with Crippen molar-refractivity contribution in [2.45, 2.75) is 19.8 Å². The van der Waals surface area contributed by atoms with Crippen LogP contribution in [0.5, 0.6) is 0 Å². The zero-order valence-corrected chi connectivity index (χ0v) is 16.8. The van der Waals surface area contributed by atoms with Crippen molar-refractivity contribution in [2.75, 3.05) is 22.9 Å². The maximum atomic E-state index is 14.6. The average molecular weight is 409 g/mol. The summed E-state index contributed by atoms with van der Waals surface area (Å²) in [4.78, 5) is 28.7. The fourth-order valence-electron chi connectivity index (χ4n) is 3.58. The lowest BCUT2D eigenvalue weighted by atomic mass is 10.1. The SMILES string of the molecule is Cc1ccc(N2C(=O)/C(=C/c3ccc(N4CCCC4)c(F)c3)C(=O)NC2=S)cc1. The predicted molar refractivity (Wildman–Crippen MR) is 115 cm³/mol. The summed E-state index contributed by atoms with van der Waals surface area (Å²) in [7, 11) is 0. The van der Waals surface area contributed by atoms with E-state index in [1.54, 1.807) is 24.3 Å². The van der Waals surface area contributed by atoms with Gasteiger partial charge in [-0.1, -0.05) is 23.8 Å². The van der Waals surface area contributed by atoms with E-state index in [-0.39, 0.29) is 16.5 Å². The molecule has 2 aliphatic heterocycles. The number of rotatable bonds is 3. The number of nitrogens with one attached hydrogen (secondary N) is 1. The van der Waals surface area contributed by atoms with Crippen molar-refractivity contribution in [1.29, 1.82) is 0 Å². The molecule has 2 aliphatic rings. The molecule has 0 aromatic heterocycles. The predicted octanol–water partition coefficient (Wildman–Crippen LogP) is 3.57. The third-order valence-electron chi connectivity index (χ3n) is 5.12. The van der Waals surface area contributed by atoms with Gasteiger partial charge in [-0.3, -0.25) is 19.8 Å². The topological polar surface area (TPSA) is 52.7 Å². The Bertz CT molecular complexity index is 1030. The molecule has 2 aromatic carbocycles. The number of halogens is 1. The molecule has 2 saturated heterocycles. The number of amides is 2. The molecular weight excluding hydrogens is 389 g/mol. The van der Waals surface area contributed by atoms with Crippen molar-refractivity contribution >= 4 is 46.6 Å². The van der Waals surface area contributed by atoms with Crippen molar-refractivity contribution in [3.63, 3.8) is 0 Å². The molecule has 7 heteroatoms. The van der Waals surface area contributed by atoms with Crippen LogP contribution in [0.1, 0.15) is 24.0 Å². The minimum absolute atomic E-state index is 0.0246. The summed E-state index contributed by atoms with van der Waals surface area (Å²) in [6.07, 6.45) is 3.50. The fourth-order valence-corrected chi connectivity index (χ4v) is 3.86. The molecule has 0 saturated carbocycles. The highest BCUT2D eigenvalue weighted by atomic mass is 32.1. The summed E-state index contributed by atoms with van der Waals surface area (Å²) < 4.78 is 14.6. The van der Waals surface area contributed by atoms with Crippen LogP contribution in [0.2, 0.25) is 0 Å². The maximum Gasteiger partial charge on any atom is 0.270 e. The number of nitrogens with zero attached hydrogens (tertiary/aromatic N) is 2. The van der Waals surface area contributed by atoms with E-state index in [0.717, 1.165) is 31.5 Å². The third kappa shape index (κ3) is 3.78. The van der Waals surface area contributed by atoms with Gasteiger partial charge in [0.25, 0.3) is 11.8 Å². The van der Waals surface area contributed by atoms with Crippen LogP contribution in [0.15, 0.2) is 48.0 Å². The molecule has 2 heterocycles. The van der Waals surface area contributed by atoms with Gasteiger partial charge in [-0.25, -0.2) is 4.39 Å². The van der Waals surface area contributed by atoms with Crippen LogP contribution in [0, 0.1) is 12.7 Å².